The Bertz CT molecular complexity index is 452. The molecule has 20 heavy (non-hydrogen) atoms. The van der Waals surface area contributed by atoms with Crippen LogP contribution in [-0.2, 0) is 4.79 Å². The van der Waals surface area contributed by atoms with Crippen LogP contribution in [0.2, 0.25) is 5.02 Å². The number of benzene rings is 1. The molecule has 112 valence electrons. The Kier molecular flexibility index (Phi) is 5.92. The Balaban J connectivity index is 2.39. The number of hydrogen-bond donors (Lipinski definition) is 2. The summed E-state index contributed by atoms with van der Waals surface area (Å²) in [6.07, 6.45) is 0.410. The van der Waals surface area contributed by atoms with Crippen LogP contribution < -0.4 is 5.32 Å². The lowest BCUT2D eigenvalue weighted by Gasteiger charge is -2.38. The smallest absolute Gasteiger partial charge is 0.221 e. The van der Waals surface area contributed by atoms with E-state index in [1.165, 1.54) is 0 Å². The fourth-order valence-electron chi connectivity index (χ4n) is 1.36. The molecule has 0 unspecified atom stereocenters. The zero-order valence-electron chi connectivity index (χ0n) is 12.4. The van der Waals surface area contributed by atoms with Gasteiger partial charge in [0.25, 0.3) is 0 Å². The summed E-state index contributed by atoms with van der Waals surface area (Å²) in [6, 6.07) is 7.54. The van der Waals surface area contributed by atoms with Crippen molar-refractivity contribution in [2.75, 3.05) is 5.75 Å². The lowest BCUT2D eigenvalue weighted by Crippen LogP contribution is -2.57. The van der Waals surface area contributed by atoms with E-state index >= 15 is 0 Å². The molecule has 0 atom stereocenters. The van der Waals surface area contributed by atoms with E-state index in [4.69, 9.17) is 11.6 Å². The molecule has 0 spiro atoms. The van der Waals surface area contributed by atoms with Gasteiger partial charge in [0, 0.05) is 22.1 Å². The Morgan fingerprint density at radius 1 is 1.25 bits per heavy atom. The van der Waals surface area contributed by atoms with Gasteiger partial charge in [-0.15, -0.1) is 11.8 Å². The largest absolute Gasteiger partial charge is 0.388 e. The third kappa shape index (κ3) is 5.35. The standard InChI is InChI=1S/C15H22ClNO2S/c1-14(2,15(3,4)19)17-13(18)9-10-20-12-7-5-11(16)6-8-12/h5-8,19H,9-10H2,1-4H3,(H,17,18). The molecule has 0 aliphatic carbocycles. The molecule has 0 bridgehead atoms. The summed E-state index contributed by atoms with van der Waals surface area (Å²) in [4.78, 5) is 13.0. The molecular weight excluding hydrogens is 294 g/mol. The monoisotopic (exact) mass is 315 g/mol. The van der Waals surface area contributed by atoms with Crippen molar-refractivity contribution < 1.29 is 9.90 Å². The molecule has 0 radical (unpaired) electrons. The third-order valence-electron chi connectivity index (χ3n) is 3.39. The first-order valence-corrected chi connectivity index (χ1v) is 7.90. The van der Waals surface area contributed by atoms with Gasteiger partial charge in [0.2, 0.25) is 5.91 Å². The van der Waals surface area contributed by atoms with Gasteiger partial charge < -0.3 is 10.4 Å². The number of thioether (sulfide) groups is 1. The predicted octanol–water partition coefficient (Wildman–Crippen LogP) is 3.49. The van der Waals surface area contributed by atoms with E-state index in [9.17, 15) is 9.90 Å². The molecule has 0 fully saturated rings. The Morgan fingerprint density at radius 2 is 1.80 bits per heavy atom. The average Bonchev–Trinajstić information content (AvgIpc) is 2.29. The van der Waals surface area contributed by atoms with Gasteiger partial charge in [-0.25, -0.2) is 0 Å². The molecule has 1 aromatic rings. The van der Waals surface area contributed by atoms with Crippen molar-refractivity contribution in [1.82, 2.24) is 5.32 Å². The van der Waals surface area contributed by atoms with Gasteiger partial charge in [-0.3, -0.25) is 4.79 Å². The number of carbonyl (C=O) groups excluding carboxylic acids is 1. The van der Waals surface area contributed by atoms with Crippen LogP contribution in [0.4, 0.5) is 0 Å². The van der Waals surface area contributed by atoms with E-state index in [0.717, 1.165) is 4.90 Å². The highest BCUT2D eigenvalue weighted by Crippen LogP contribution is 2.22. The van der Waals surface area contributed by atoms with Gasteiger partial charge in [0.05, 0.1) is 11.1 Å². The average molecular weight is 316 g/mol. The molecule has 0 aliphatic heterocycles. The van der Waals surface area contributed by atoms with Crippen LogP contribution in [0.1, 0.15) is 34.1 Å². The summed E-state index contributed by atoms with van der Waals surface area (Å²) >= 11 is 7.42. The summed E-state index contributed by atoms with van der Waals surface area (Å²) in [5.41, 5.74) is -1.62. The van der Waals surface area contributed by atoms with Crippen LogP contribution in [0.15, 0.2) is 29.2 Å². The lowest BCUT2D eigenvalue weighted by molar-refractivity contribution is -0.125. The highest BCUT2D eigenvalue weighted by atomic mass is 35.5. The highest BCUT2D eigenvalue weighted by Gasteiger charge is 2.36. The van der Waals surface area contributed by atoms with Gasteiger partial charge in [0.15, 0.2) is 0 Å². The topological polar surface area (TPSA) is 49.3 Å². The first-order chi connectivity index (χ1) is 9.12. The third-order valence-corrected chi connectivity index (χ3v) is 4.66. The summed E-state index contributed by atoms with van der Waals surface area (Å²) in [5.74, 6) is 0.633. The minimum Gasteiger partial charge on any atom is -0.388 e. The maximum atomic E-state index is 11.9. The van der Waals surface area contributed by atoms with Crippen LogP contribution in [-0.4, -0.2) is 27.9 Å². The molecule has 0 aliphatic rings. The minimum absolute atomic E-state index is 0.0569. The molecule has 1 aromatic carbocycles. The number of aliphatic hydroxyl groups is 1. The van der Waals surface area contributed by atoms with Gasteiger partial charge >= 0.3 is 0 Å². The molecule has 5 heteroatoms. The Hall–Kier alpha value is -0.710. The van der Waals surface area contributed by atoms with E-state index in [-0.39, 0.29) is 5.91 Å². The summed E-state index contributed by atoms with van der Waals surface area (Å²) in [6.45, 7) is 7.01. The van der Waals surface area contributed by atoms with Gasteiger partial charge in [-0.05, 0) is 52.0 Å². The van der Waals surface area contributed by atoms with Crippen LogP contribution in [0, 0.1) is 0 Å². The van der Waals surface area contributed by atoms with E-state index in [2.05, 4.69) is 5.32 Å². The normalized spacial score (nSPS) is 12.3. The first-order valence-electron chi connectivity index (χ1n) is 6.53. The van der Waals surface area contributed by atoms with Crippen molar-refractivity contribution in [2.24, 2.45) is 0 Å². The molecule has 2 N–H and O–H groups in total. The maximum absolute atomic E-state index is 11.9. The summed E-state index contributed by atoms with van der Waals surface area (Å²) in [5, 5.41) is 13.6. The van der Waals surface area contributed by atoms with Crippen molar-refractivity contribution >= 4 is 29.3 Å². The van der Waals surface area contributed by atoms with Crippen LogP contribution in [0.5, 0.6) is 0 Å². The quantitative estimate of drug-likeness (QED) is 0.790. The zero-order chi connectivity index (χ0) is 15.4. The number of rotatable bonds is 6. The van der Waals surface area contributed by atoms with E-state index < -0.39 is 11.1 Å². The molecule has 3 nitrogen and oxygen atoms in total. The molecule has 0 heterocycles. The SMILES string of the molecule is CC(C)(O)C(C)(C)NC(=O)CCSc1ccc(Cl)cc1. The molecule has 0 aromatic heterocycles. The molecule has 0 saturated heterocycles. The number of hydrogen-bond acceptors (Lipinski definition) is 3. The second-order valence-corrected chi connectivity index (χ2v) is 7.39. The lowest BCUT2D eigenvalue weighted by atomic mass is 9.86. The summed E-state index contributed by atoms with van der Waals surface area (Å²) < 4.78 is 0. The highest BCUT2D eigenvalue weighted by molar-refractivity contribution is 7.99. The van der Waals surface area contributed by atoms with E-state index in [1.807, 2.05) is 38.1 Å². The fraction of sp³-hybridized carbons (Fsp3) is 0.533. The molecule has 0 saturated carbocycles. The van der Waals surface area contributed by atoms with Crippen molar-refractivity contribution in [3.63, 3.8) is 0 Å². The zero-order valence-corrected chi connectivity index (χ0v) is 13.9. The van der Waals surface area contributed by atoms with Gasteiger partial charge in [0.1, 0.15) is 0 Å². The van der Waals surface area contributed by atoms with Crippen LogP contribution >= 0.6 is 23.4 Å². The number of halogens is 1. The van der Waals surface area contributed by atoms with Crippen molar-refractivity contribution in [1.29, 1.82) is 0 Å². The molecule has 1 rings (SSSR count). The van der Waals surface area contributed by atoms with E-state index in [0.29, 0.717) is 17.2 Å². The number of nitrogens with one attached hydrogen (secondary N) is 1. The van der Waals surface area contributed by atoms with Crippen molar-refractivity contribution in [3.8, 4) is 0 Å². The molecular formula is C15H22ClNO2S. The second-order valence-electron chi connectivity index (χ2n) is 5.78. The predicted molar refractivity (Wildman–Crippen MR) is 85.3 cm³/mol. The van der Waals surface area contributed by atoms with Crippen molar-refractivity contribution in [3.05, 3.63) is 29.3 Å². The molecule has 1 amide bonds. The van der Waals surface area contributed by atoms with Gasteiger partial charge in [-0.1, -0.05) is 11.6 Å². The Labute approximate surface area is 130 Å². The minimum atomic E-state index is -0.966. The number of amides is 1. The second kappa shape index (κ2) is 6.83. The number of carbonyl (C=O) groups is 1. The van der Waals surface area contributed by atoms with Crippen molar-refractivity contribution in [2.45, 2.75) is 50.2 Å². The van der Waals surface area contributed by atoms with Gasteiger partial charge in [-0.2, -0.15) is 0 Å². The van der Waals surface area contributed by atoms with E-state index in [1.54, 1.807) is 25.6 Å². The van der Waals surface area contributed by atoms with Crippen LogP contribution in [0.25, 0.3) is 0 Å². The fourth-order valence-corrected chi connectivity index (χ4v) is 2.33. The summed E-state index contributed by atoms with van der Waals surface area (Å²) in [7, 11) is 0. The maximum Gasteiger partial charge on any atom is 0.221 e. The Morgan fingerprint density at radius 3 is 2.30 bits per heavy atom. The van der Waals surface area contributed by atoms with Crippen LogP contribution in [0.3, 0.4) is 0 Å². The first kappa shape index (κ1) is 17.3.